The summed E-state index contributed by atoms with van der Waals surface area (Å²) < 4.78 is 7.27. The molecule has 1 saturated heterocycles. The Labute approximate surface area is 220 Å². The summed E-state index contributed by atoms with van der Waals surface area (Å²) in [4.78, 5) is 27.8. The number of amides is 1. The Morgan fingerprint density at radius 1 is 1.30 bits per heavy atom. The molecule has 0 aliphatic carbocycles. The van der Waals surface area contributed by atoms with Crippen molar-refractivity contribution in [3.8, 4) is 27.7 Å². The second kappa shape index (κ2) is 10.1. The van der Waals surface area contributed by atoms with Crippen LogP contribution >= 0.6 is 11.3 Å². The lowest BCUT2D eigenvalue weighted by atomic mass is 9.97. The quantitative estimate of drug-likeness (QED) is 0.394. The minimum absolute atomic E-state index is 0.174. The minimum Gasteiger partial charge on any atom is -0.493 e. The number of aromatic amines is 1. The number of fused-ring (bicyclic) bond motifs is 1. The van der Waals surface area contributed by atoms with Crippen molar-refractivity contribution in [3.05, 3.63) is 30.4 Å². The summed E-state index contributed by atoms with van der Waals surface area (Å²) in [6, 6.07) is 2.16. The standard InChI is InChI=1S/C25H33N9O2S/c1-15(2)21-22(17-9-18(36-6)24-27-14-28-34(24)12-17)29-30-23(21)25-26-10-20(37-25)33-8-7-32(11-16(33)3)19(35)13-31(4)5/h9-10,12,14-16H,7-8,11,13H2,1-6H3,(H,29,30). The lowest BCUT2D eigenvalue weighted by Gasteiger charge is -2.40. The maximum atomic E-state index is 12.5. The number of methoxy groups -OCH3 is 1. The second-order valence-electron chi connectivity index (χ2n) is 9.96. The average Bonchev–Trinajstić information content (AvgIpc) is 3.61. The normalized spacial score (nSPS) is 16.4. The molecule has 1 N–H and O–H groups in total. The van der Waals surface area contributed by atoms with Crippen LogP contribution in [0.4, 0.5) is 5.00 Å². The summed E-state index contributed by atoms with van der Waals surface area (Å²) in [5.41, 5.74) is 4.44. The summed E-state index contributed by atoms with van der Waals surface area (Å²) in [5, 5.41) is 14.2. The lowest BCUT2D eigenvalue weighted by molar-refractivity contribution is -0.132. The number of nitrogens with zero attached hydrogens (tertiary/aromatic N) is 8. The number of nitrogens with one attached hydrogen (secondary N) is 1. The molecule has 1 unspecified atom stereocenters. The molecule has 5 heterocycles. The smallest absolute Gasteiger partial charge is 0.236 e. The van der Waals surface area contributed by atoms with Crippen LogP contribution in [-0.2, 0) is 4.79 Å². The second-order valence-corrected chi connectivity index (χ2v) is 11.0. The van der Waals surface area contributed by atoms with Crippen LogP contribution in [0.2, 0.25) is 0 Å². The number of ether oxygens (including phenoxy) is 1. The topological polar surface area (TPSA) is 108 Å². The van der Waals surface area contributed by atoms with Gasteiger partial charge in [-0.3, -0.25) is 9.89 Å². The van der Waals surface area contributed by atoms with Crippen molar-refractivity contribution in [2.75, 3.05) is 52.3 Å². The van der Waals surface area contributed by atoms with Gasteiger partial charge in [0.25, 0.3) is 0 Å². The van der Waals surface area contributed by atoms with Gasteiger partial charge < -0.3 is 19.4 Å². The van der Waals surface area contributed by atoms with Gasteiger partial charge in [-0.1, -0.05) is 25.2 Å². The van der Waals surface area contributed by atoms with E-state index in [9.17, 15) is 4.79 Å². The first-order chi connectivity index (χ1) is 17.8. The largest absolute Gasteiger partial charge is 0.493 e. The molecule has 1 aliphatic rings. The Morgan fingerprint density at radius 2 is 2.11 bits per heavy atom. The van der Waals surface area contributed by atoms with Crippen LogP contribution in [0.5, 0.6) is 5.75 Å². The van der Waals surface area contributed by atoms with Gasteiger partial charge in [0, 0.05) is 43.0 Å². The highest BCUT2D eigenvalue weighted by Crippen LogP contribution is 2.40. The first kappa shape index (κ1) is 25.2. The van der Waals surface area contributed by atoms with Gasteiger partial charge in [0.1, 0.15) is 22.0 Å². The molecule has 11 nitrogen and oxygen atoms in total. The molecule has 196 valence electrons. The van der Waals surface area contributed by atoms with Crippen LogP contribution in [0.1, 0.15) is 32.3 Å². The Kier molecular flexibility index (Phi) is 6.86. The molecule has 1 fully saturated rings. The molecule has 0 radical (unpaired) electrons. The molecule has 0 bridgehead atoms. The molecule has 0 aromatic carbocycles. The summed E-state index contributed by atoms with van der Waals surface area (Å²) in [6.45, 7) is 9.10. The van der Waals surface area contributed by atoms with Crippen LogP contribution in [0.25, 0.3) is 27.6 Å². The molecule has 0 spiro atoms. The van der Waals surface area contributed by atoms with Gasteiger partial charge in [-0.15, -0.1) is 0 Å². The molecule has 5 rings (SSSR count). The molecule has 12 heteroatoms. The van der Waals surface area contributed by atoms with Crippen molar-refractivity contribution in [1.82, 2.24) is 39.6 Å². The Bertz CT molecular complexity index is 1410. The van der Waals surface area contributed by atoms with Crippen LogP contribution in [0.15, 0.2) is 24.8 Å². The van der Waals surface area contributed by atoms with E-state index in [1.165, 1.54) is 6.33 Å². The fourth-order valence-corrected chi connectivity index (χ4v) is 5.92. The number of pyridine rings is 1. The highest BCUT2D eigenvalue weighted by molar-refractivity contribution is 7.18. The van der Waals surface area contributed by atoms with Crippen molar-refractivity contribution in [2.24, 2.45) is 0 Å². The number of thiazole rings is 1. The number of hydrogen-bond donors (Lipinski definition) is 1. The molecule has 1 atom stereocenters. The molecule has 0 saturated carbocycles. The Hall–Kier alpha value is -3.51. The SMILES string of the molecule is COc1cc(-c2[nH]nc(-c3ncc(N4CCN(C(=O)CN(C)C)CC4C)s3)c2C(C)C)cn2ncnc12. The van der Waals surface area contributed by atoms with Crippen molar-refractivity contribution in [3.63, 3.8) is 0 Å². The summed E-state index contributed by atoms with van der Waals surface area (Å²) >= 11 is 1.64. The minimum atomic E-state index is 0.174. The maximum Gasteiger partial charge on any atom is 0.236 e. The van der Waals surface area contributed by atoms with Gasteiger partial charge in [0.15, 0.2) is 11.4 Å². The number of carbonyl (C=O) groups is 1. The van der Waals surface area contributed by atoms with Crippen LogP contribution in [0, 0.1) is 0 Å². The molecule has 4 aromatic heterocycles. The van der Waals surface area contributed by atoms with Crippen LogP contribution in [0.3, 0.4) is 0 Å². The van der Waals surface area contributed by atoms with Gasteiger partial charge in [-0.25, -0.2) is 14.5 Å². The van der Waals surface area contributed by atoms with Gasteiger partial charge in [0.2, 0.25) is 5.91 Å². The van der Waals surface area contributed by atoms with Gasteiger partial charge in [0.05, 0.1) is 25.5 Å². The Balaban J connectivity index is 1.42. The van der Waals surface area contributed by atoms with E-state index in [0.29, 0.717) is 31.0 Å². The number of aromatic nitrogens is 6. The van der Waals surface area contributed by atoms with Gasteiger partial charge in [-0.2, -0.15) is 10.2 Å². The number of likely N-dealkylation sites (N-methyl/N-ethyl adjacent to an activating group) is 1. The van der Waals surface area contributed by atoms with Crippen LogP contribution in [-0.4, -0.2) is 98.9 Å². The summed E-state index contributed by atoms with van der Waals surface area (Å²) in [6.07, 6.45) is 5.37. The summed E-state index contributed by atoms with van der Waals surface area (Å²) in [5.74, 6) is 1.03. The van der Waals surface area contributed by atoms with Crippen molar-refractivity contribution in [2.45, 2.75) is 32.7 Å². The van der Waals surface area contributed by atoms with E-state index in [-0.39, 0.29) is 17.9 Å². The fraction of sp³-hybridized carbons (Fsp3) is 0.480. The molecule has 1 aliphatic heterocycles. The highest BCUT2D eigenvalue weighted by Gasteiger charge is 2.29. The monoisotopic (exact) mass is 523 g/mol. The van der Waals surface area contributed by atoms with Crippen molar-refractivity contribution < 1.29 is 9.53 Å². The van der Waals surface area contributed by atoms with E-state index < -0.39 is 0 Å². The first-order valence-corrected chi connectivity index (χ1v) is 13.2. The summed E-state index contributed by atoms with van der Waals surface area (Å²) in [7, 11) is 5.48. The van der Waals surface area contributed by atoms with E-state index in [4.69, 9.17) is 14.8 Å². The van der Waals surface area contributed by atoms with Gasteiger partial charge >= 0.3 is 0 Å². The zero-order chi connectivity index (χ0) is 26.3. The number of hydrogen-bond acceptors (Lipinski definition) is 9. The predicted octanol–water partition coefficient (Wildman–Crippen LogP) is 2.97. The zero-order valence-electron chi connectivity index (χ0n) is 22.1. The molecule has 4 aromatic rings. The van der Waals surface area contributed by atoms with E-state index in [1.807, 2.05) is 42.4 Å². The molecular formula is C25H33N9O2S. The van der Waals surface area contributed by atoms with E-state index in [0.717, 1.165) is 39.1 Å². The number of anilines is 1. The lowest BCUT2D eigenvalue weighted by Crippen LogP contribution is -2.55. The number of rotatable bonds is 7. The third-order valence-electron chi connectivity index (χ3n) is 6.64. The molecule has 37 heavy (non-hydrogen) atoms. The first-order valence-electron chi connectivity index (χ1n) is 12.4. The van der Waals surface area contributed by atoms with E-state index in [2.05, 4.69) is 40.9 Å². The van der Waals surface area contributed by atoms with Crippen molar-refractivity contribution >= 4 is 27.9 Å². The number of carbonyl (C=O) groups excluding carboxylic acids is 1. The third-order valence-corrected chi connectivity index (χ3v) is 7.68. The number of piperazine rings is 1. The molecule has 1 amide bonds. The molecular weight excluding hydrogens is 490 g/mol. The van der Waals surface area contributed by atoms with E-state index in [1.54, 1.807) is 23.0 Å². The zero-order valence-corrected chi connectivity index (χ0v) is 22.9. The Morgan fingerprint density at radius 3 is 2.81 bits per heavy atom. The fourth-order valence-electron chi connectivity index (χ4n) is 4.87. The average molecular weight is 524 g/mol. The number of H-pyrrole nitrogens is 1. The van der Waals surface area contributed by atoms with Gasteiger partial charge in [-0.05, 0) is 33.0 Å². The van der Waals surface area contributed by atoms with Crippen LogP contribution < -0.4 is 9.64 Å². The maximum absolute atomic E-state index is 12.5. The van der Waals surface area contributed by atoms with Crippen molar-refractivity contribution in [1.29, 1.82) is 0 Å². The third kappa shape index (κ3) is 4.78. The highest BCUT2D eigenvalue weighted by atomic mass is 32.1. The van der Waals surface area contributed by atoms with E-state index >= 15 is 0 Å². The predicted molar refractivity (Wildman–Crippen MR) is 144 cm³/mol.